The Hall–Kier alpha value is -2.22. The molecule has 2 fully saturated rings. The number of fused-ring (bicyclic) bond motifs is 5. The van der Waals surface area contributed by atoms with Crippen molar-refractivity contribution in [2.24, 2.45) is 17.3 Å². The van der Waals surface area contributed by atoms with Gasteiger partial charge in [0.05, 0.1) is 13.2 Å². The number of halogens is 9. The summed E-state index contributed by atoms with van der Waals surface area (Å²) in [6.07, 6.45) is -15.2. The molecule has 0 spiro atoms. The summed E-state index contributed by atoms with van der Waals surface area (Å²) in [5.74, 6) is 1.96. The van der Waals surface area contributed by atoms with E-state index in [2.05, 4.69) is 23.8 Å². The first-order chi connectivity index (χ1) is 20.8. The molecule has 5 nitrogen and oxygen atoms in total. The van der Waals surface area contributed by atoms with Gasteiger partial charge in [-0.2, -0.15) is 39.5 Å². The number of benzene rings is 1. The van der Waals surface area contributed by atoms with Crippen LogP contribution >= 0.6 is 0 Å². The Balaban J connectivity index is 1.34. The zero-order valence-corrected chi connectivity index (χ0v) is 25.8. The molecule has 0 radical (unpaired) electrons. The van der Waals surface area contributed by atoms with Gasteiger partial charge >= 0.3 is 24.1 Å². The van der Waals surface area contributed by atoms with Gasteiger partial charge in [-0.1, -0.05) is 13.0 Å². The molecule has 0 aromatic heterocycles. The second-order valence-electron chi connectivity index (χ2n) is 13.0. The van der Waals surface area contributed by atoms with Gasteiger partial charge in [-0.25, -0.2) is 0 Å². The maximum absolute atomic E-state index is 13.3. The third-order valence-corrected chi connectivity index (χ3v) is 10.4. The number of alkyl halides is 9. The number of rotatable bonds is 10. The van der Waals surface area contributed by atoms with Crippen molar-refractivity contribution in [1.29, 1.82) is 0 Å². The molecular formula is C31H41F9N2O3. The van der Waals surface area contributed by atoms with Crippen molar-refractivity contribution in [2.45, 2.75) is 94.9 Å². The van der Waals surface area contributed by atoms with Crippen LogP contribution in [0, 0.1) is 17.3 Å². The molecule has 0 bridgehead atoms. The Morgan fingerprint density at radius 1 is 0.956 bits per heavy atom. The minimum Gasteiger partial charge on any atom is -0.494 e. The largest absolute Gasteiger partial charge is 0.494 e. The predicted molar refractivity (Wildman–Crippen MR) is 148 cm³/mol. The number of carbonyl (C=O) groups is 1. The number of nitrogens with zero attached hydrogens (tertiary/aromatic N) is 2. The third-order valence-electron chi connectivity index (χ3n) is 10.4. The molecule has 1 aromatic carbocycles. The lowest BCUT2D eigenvalue weighted by atomic mass is 9.55. The number of aryl methyl sites for hydroxylation is 1. The highest BCUT2D eigenvalue weighted by molar-refractivity contribution is 5.78. The van der Waals surface area contributed by atoms with Gasteiger partial charge in [0.25, 0.3) is 0 Å². The smallest absolute Gasteiger partial charge is 0.435 e. The Kier molecular flexibility index (Phi) is 10.1. The molecule has 45 heavy (non-hydrogen) atoms. The van der Waals surface area contributed by atoms with Crippen LogP contribution < -0.4 is 4.74 Å². The SMILES string of the molecule is CCOc1ccc2c(c1)CCC1C2CC[C@@]2(C)C1CC[C@@H]2N(C)C(=O)CN(C)CCCOC(C(F)(F)F)(C(F)(F)F)C(F)(F)F. The van der Waals surface area contributed by atoms with Crippen LogP contribution in [0.25, 0.3) is 0 Å². The van der Waals surface area contributed by atoms with E-state index in [9.17, 15) is 44.3 Å². The van der Waals surface area contributed by atoms with E-state index in [0.29, 0.717) is 24.4 Å². The van der Waals surface area contributed by atoms with E-state index in [1.165, 1.54) is 23.1 Å². The highest BCUT2D eigenvalue weighted by Crippen LogP contribution is 2.62. The van der Waals surface area contributed by atoms with Gasteiger partial charge in [-0.15, -0.1) is 0 Å². The molecule has 0 heterocycles. The van der Waals surface area contributed by atoms with E-state index in [4.69, 9.17) is 4.74 Å². The van der Waals surface area contributed by atoms with Crippen LogP contribution in [0.5, 0.6) is 5.75 Å². The molecule has 1 aromatic rings. The highest BCUT2D eigenvalue weighted by Gasteiger charge is 2.85. The van der Waals surface area contributed by atoms with Gasteiger partial charge in [-0.3, -0.25) is 9.69 Å². The number of hydrogen-bond donors (Lipinski definition) is 0. The Bertz CT molecular complexity index is 1170. The lowest BCUT2D eigenvalue weighted by Gasteiger charge is -2.52. The van der Waals surface area contributed by atoms with Crippen molar-refractivity contribution in [2.75, 3.05) is 40.4 Å². The Morgan fingerprint density at radius 3 is 2.20 bits per heavy atom. The molecule has 14 heteroatoms. The van der Waals surface area contributed by atoms with Crippen LogP contribution in [0.1, 0.15) is 69.4 Å². The Labute approximate surface area is 257 Å². The van der Waals surface area contributed by atoms with Crippen molar-refractivity contribution in [1.82, 2.24) is 9.80 Å². The van der Waals surface area contributed by atoms with Gasteiger partial charge in [0.1, 0.15) is 5.75 Å². The van der Waals surface area contributed by atoms with Crippen molar-refractivity contribution >= 4 is 5.91 Å². The topological polar surface area (TPSA) is 42.0 Å². The van der Waals surface area contributed by atoms with E-state index in [-0.39, 0.29) is 30.5 Å². The van der Waals surface area contributed by atoms with Crippen molar-refractivity contribution in [3.63, 3.8) is 0 Å². The van der Waals surface area contributed by atoms with Gasteiger partial charge in [0.2, 0.25) is 5.91 Å². The quantitative estimate of drug-likeness (QED) is 0.192. The average Bonchev–Trinajstić information content (AvgIpc) is 3.27. The molecule has 0 saturated heterocycles. The molecular weight excluding hydrogens is 619 g/mol. The second-order valence-corrected chi connectivity index (χ2v) is 13.0. The summed E-state index contributed by atoms with van der Waals surface area (Å²) >= 11 is 0. The molecule has 2 saturated carbocycles. The molecule has 1 amide bonds. The fraction of sp³-hybridized carbons (Fsp3) is 0.774. The highest BCUT2D eigenvalue weighted by atomic mass is 19.4. The van der Waals surface area contributed by atoms with Crippen LogP contribution in [-0.4, -0.2) is 86.3 Å². The van der Waals surface area contributed by atoms with Gasteiger partial charge in [0.15, 0.2) is 0 Å². The number of carbonyl (C=O) groups excluding carboxylic acids is 1. The summed E-state index contributed by atoms with van der Waals surface area (Å²) in [6, 6.07) is 6.33. The number of amides is 1. The zero-order chi connectivity index (χ0) is 33.6. The van der Waals surface area contributed by atoms with E-state index >= 15 is 0 Å². The summed E-state index contributed by atoms with van der Waals surface area (Å²) in [4.78, 5) is 16.3. The molecule has 3 aliphatic rings. The van der Waals surface area contributed by atoms with E-state index < -0.39 is 37.2 Å². The first kappa shape index (κ1) is 35.6. The van der Waals surface area contributed by atoms with E-state index in [1.807, 2.05) is 13.0 Å². The van der Waals surface area contributed by atoms with Crippen LogP contribution in [0.2, 0.25) is 0 Å². The molecule has 256 valence electrons. The maximum Gasteiger partial charge on any atom is 0.435 e. The van der Waals surface area contributed by atoms with Crippen LogP contribution in [0.3, 0.4) is 0 Å². The lowest BCUT2D eigenvalue weighted by Crippen LogP contribution is -2.67. The standard InChI is InChI=1S/C31H41F9N2O3/c1-5-44-20-8-10-21-19(17-20)7-9-23-22(21)13-14-27(2)24(23)11-12-25(27)42(4)26(43)18-41(3)15-6-16-45-28(29(32,33)34,30(35,36)37)31(38,39)40/h8,10,17,22-25H,5-7,9,11-16,18H2,1-4H3/t22?,23?,24?,25-,27-/m0/s1. The number of ether oxygens (including phenoxy) is 2. The minimum atomic E-state index is -6.77. The van der Waals surface area contributed by atoms with Crippen molar-refractivity contribution < 1.29 is 53.8 Å². The Morgan fingerprint density at radius 2 is 1.60 bits per heavy atom. The summed E-state index contributed by atoms with van der Waals surface area (Å²) in [7, 11) is 3.14. The zero-order valence-electron chi connectivity index (χ0n) is 25.8. The molecule has 5 atom stereocenters. The van der Waals surface area contributed by atoms with E-state index in [0.717, 1.165) is 44.3 Å². The van der Waals surface area contributed by atoms with Crippen LogP contribution in [-0.2, 0) is 16.0 Å². The van der Waals surface area contributed by atoms with Crippen molar-refractivity contribution in [3.8, 4) is 5.75 Å². The predicted octanol–water partition coefficient (Wildman–Crippen LogP) is 7.53. The van der Waals surface area contributed by atoms with Crippen LogP contribution in [0.4, 0.5) is 39.5 Å². The fourth-order valence-electron chi connectivity index (χ4n) is 8.31. The first-order valence-electron chi connectivity index (χ1n) is 15.3. The number of hydrogen-bond acceptors (Lipinski definition) is 4. The minimum absolute atomic E-state index is 0.0413. The average molecular weight is 661 g/mol. The molecule has 0 aliphatic heterocycles. The third kappa shape index (κ3) is 6.51. The van der Waals surface area contributed by atoms with Gasteiger partial charge in [0, 0.05) is 26.2 Å². The summed E-state index contributed by atoms with van der Waals surface area (Å²) in [6.45, 7) is 2.89. The number of likely N-dealkylation sites (N-methyl/N-ethyl adjacent to an activating group) is 2. The second kappa shape index (κ2) is 12.8. The molecule has 0 N–H and O–H groups in total. The lowest BCUT2D eigenvalue weighted by molar-refractivity contribution is -0.457. The summed E-state index contributed by atoms with van der Waals surface area (Å²) in [5, 5.41) is 0. The maximum atomic E-state index is 13.3. The van der Waals surface area contributed by atoms with Crippen molar-refractivity contribution in [3.05, 3.63) is 29.3 Å². The molecule has 4 rings (SSSR count). The fourth-order valence-corrected chi connectivity index (χ4v) is 8.31. The summed E-state index contributed by atoms with van der Waals surface area (Å²) in [5.41, 5.74) is -3.69. The summed E-state index contributed by atoms with van der Waals surface area (Å²) < 4.78 is 127. The molecule has 3 aliphatic carbocycles. The first-order valence-corrected chi connectivity index (χ1v) is 15.3. The van der Waals surface area contributed by atoms with E-state index in [1.54, 1.807) is 11.9 Å². The monoisotopic (exact) mass is 660 g/mol. The normalized spacial score (nSPS) is 27.2. The van der Waals surface area contributed by atoms with Gasteiger partial charge < -0.3 is 14.4 Å². The van der Waals surface area contributed by atoms with Crippen LogP contribution in [0.15, 0.2) is 18.2 Å². The molecule has 3 unspecified atom stereocenters. The van der Waals surface area contributed by atoms with Gasteiger partial charge in [-0.05, 0) is 105 Å².